The van der Waals surface area contributed by atoms with Crippen LogP contribution in [-0.2, 0) is 19.6 Å². The molecule has 3 aliphatic heterocycles. The lowest BCUT2D eigenvalue weighted by molar-refractivity contribution is 0.166. The van der Waals surface area contributed by atoms with Crippen LogP contribution in [0.2, 0.25) is 0 Å². The number of ether oxygens (including phenoxy) is 1. The summed E-state index contributed by atoms with van der Waals surface area (Å²) in [6.45, 7) is 2.90. The third kappa shape index (κ3) is 3.90. The number of nitrogens with zero attached hydrogens (tertiary/aromatic N) is 4. The van der Waals surface area contributed by atoms with Gasteiger partial charge in [-0.3, -0.25) is 4.90 Å². The van der Waals surface area contributed by atoms with Crippen molar-refractivity contribution in [3.8, 4) is 5.75 Å². The van der Waals surface area contributed by atoms with Gasteiger partial charge in [-0.1, -0.05) is 6.07 Å². The molecule has 1 aromatic carbocycles. The van der Waals surface area contributed by atoms with Crippen LogP contribution < -0.4 is 9.64 Å². The first-order valence-corrected chi connectivity index (χ1v) is 11.4. The molecular formula is C24H32N4O3. The van der Waals surface area contributed by atoms with Gasteiger partial charge in [0, 0.05) is 62.1 Å². The molecule has 0 unspecified atom stereocenters. The number of fused-ring (bicyclic) bond motifs is 4. The largest absolute Gasteiger partial charge is 0.496 e. The van der Waals surface area contributed by atoms with E-state index in [1.165, 1.54) is 23.2 Å². The average molecular weight is 425 g/mol. The summed E-state index contributed by atoms with van der Waals surface area (Å²) in [6.07, 6.45) is 7.49. The van der Waals surface area contributed by atoms with E-state index in [4.69, 9.17) is 14.7 Å². The van der Waals surface area contributed by atoms with Crippen LogP contribution in [-0.4, -0.2) is 57.9 Å². The standard InChI is InChI=1S/C24H32N4O3/c1-31-23-7-4-16(9-18(23)15-30)13-28-19-5-6-22(28)20-11-25-24(26-21(20)10-19)27-8-2-3-17(12-27)14-29/h4,7,9,11,17,19,22,29-30H,2-3,5-6,8,10,12-15H2,1H3/t17-,19+,22+/m1/s1. The number of benzene rings is 1. The second kappa shape index (κ2) is 8.73. The molecule has 2 aromatic rings. The highest BCUT2D eigenvalue weighted by Gasteiger charge is 2.41. The van der Waals surface area contributed by atoms with Crippen molar-refractivity contribution >= 4 is 5.95 Å². The Morgan fingerprint density at radius 1 is 1.19 bits per heavy atom. The first kappa shape index (κ1) is 20.7. The molecular weight excluding hydrogens is 392 g/mol. The van der Waals surface area contributed by atoms with Gasteiger partial charge in [-0.05, 0) is 49.3 Å². The van der Waals surface area contributed by atoms with Crippen LogP contribution in [0.5, 0.6) is 5.75 Å². The molecule has 3 atom stereocenters. The number of aromatic nitrogens is 2. The van der Waals surface area contributed by atoms with Crippen LogP contribution in [0, 0.1) is 5.92 Å². The second-order valence-corrected chi connectivity index (χ2v) is 9.14. The SMILES string of the molecule is COc1ccc(CN2[C@H]3CC[C@H]2c2cnc(N4CCC[C@@H](CO)C4)nc2C3)cc1CO. The minimum absolute atomic E-state index is 0.0169. The Hall–Kier alpha value is -2.22. The van der Waals surface area contributed by atoms with E-state index in [9.17, 15) is 10.2 Å². The monoisotopic (exact) mass is 424 g/mol. The Kier molecular flexibility index (Phi) is 5.82. The summed E-state index contributed by atoms with van der Waals surface area (Å²) in [6, 6.07) is 6.95. The first-order valence-electron chi connectivity index (χ1n) is 11.4. The molecule has 0 amide bonds. The van der Waals surface area contributed by atoms with Crippen molar-refractivity contribution in [2.24, 2.45) is 5.92 Å². The molecule has 2 N–H and O–H groups in total. The third-order valence-corrected chi connectivity index (χ3v) is 7.26. The van der Waals surface area contributed by atoms with Crippen molar-refractivity contribution in [1.29, 1.82) is 0 Å². The number of hydrogen-bond donors (Lipinski definition) is 2. The number of aliphatic hydroxyl groups is 2. The predicted octanol–water partition coefficient (Wildman–Crippen LogP) is 2.45. The molecule has 2 fully saturated rings. The zero-order valence-electron chi connectivity index (χ0n) is 18.2. The van der Waals surface area contributed by atoms with Gasteiger partial charge >= 0.3 is 0 Å². The Morgan fingerprint density at radius 3 is 2.90 bits per heavy atom. The van der Waals surface area contributed by atoms with E-state index in [2.05, 4.69) is 21.9 Å². The van der Waals surface area contributed by atoms with E-state index in [1.807, 2.05) is 12.3 Å². The maximum absolute atomic E-state index is 9.66. The van der Waals surface area contributed by atoms with Crippen molar-refractivity contribution in [2.75, 3.05) is 31.7 Å². The van der Waals surface area contributed by atoms with Gasteiger partial charge in [-0.25, -0.2) is 9.97 Å². The number of anilines is 1. The number of methoxy groups -OCH3 is 1. The molecule has 2 saturated heterocycles. The fourth-order valence-electron chi connectivity index (χ4n) is 5.62. The van der Waals surface area contributed by atoms with E-state index in [0.29, 0.717) is 18.0 Å². The average Bonchev–Trinajstić information content (AvgIpc) is 3.09. The fraction of sp³-hybridized carbons (Fsp3) is 0.583. The number of rotatable bonds is 6. The van der Waals surface area contributed by atoms with E-state index in [-0.39, 0.29) is 13.2 Å². The molecule has 0 radical (unpaired) electrons. The normalized spacial score (nSPS) is 25.5. The molecule has 166 valence electrons. The summed E-state index contributed by atoms with van der Waals surface area (Å²) in [7, 11) is 1.64. The molecule has 7 nitrogen and oxygen atoms in total. The van der Waals surface area contributed by atoms with Gasteiger partial charge in [0.05, 0.1) is 19.4 Å². The van der Waals surface area contributed by atoms with Crippen molar-refractivity contribution < 1.29 is 14.9 Å². The van der Waals surface area contributed by atoms with Crippen molar-refractivity contribution in [3.63, 3.8) is 0 Å². The topological polar surface area (TPSA) is 82.0 Å². The summed E-state index contributed by atoms with van der Waals surface area (Å²) >= 11 is 0. The van der Waals surface area contributed by atoms with Gasteiger partial charge in [0.25, 0.3) is 0 Å². The molecule has 0 saturated carbocycles. The summed E-state index contributed by atoms with van der Waals surface area (Å²) in [4.78, 5) is 14.6. The maximum Gasteiger partial charge on any atom is 0.225 e. The predicted molar refractivity (Wildman–Crippen MR) is 118 cm³/mol. The summed E-state index contributed by atoms with van der Waals surface area (Å²) in [5, 5.41) is 19.2. The quantitative estimate of drug-likeness (QED) is 0.737. The van der Waals surface area contributed by atoms with E-state index < -0.39 is 0 Å². The van der Waals surface area contributed by atoms with Gasteiger partial charge in [-0.15, -0.1) is 0 Å². The van der Waals surface area contributed by atoms with Crippen LogP contribution in [0.1, 0.15) is 54.1 Å². The highest BCUT2D eigenvalue weighted by atomic mass is 16.5. The van der Waals surface area contributed by atoms with Crippen LogP contribution in [0.4, 0.5) is 5.95 Å². The third-order valence-electron chi connectivity index (χ3n) is 7.26. The van der Waals surface area contributed by atoms with E-state index >= 15 is 0 Å². The van der Waals surface area contributed by atoms with E-state index in [0.717, 1.165) is 62.6 Å². The molecule has 0 aliphatic carbocycles. The number of piperidine rings is 1. The molecule has 3 aliphatic rings. The molecule has 1 aromatic heterocycles. The molecule has 5 rings (SSSR count). The Bertz CT molecular complexity index is 937. The maximum atomic E-state index is 9.66. The van der Waals surface area contributed by atoms with Crippen LogP contribution in [0.3, 0.4) is 0 Å². The minimum Gasteiger partial charge on any atom is -0.496 e. The Labute approximate surface area is 183 Å². The van der Waals surface area contributed by atoms with Crippen LogP contribution in [0.15, 0.2) is 24.4 Å². The lowest BCUT2D eigenvalue weighted by atomic mass is 9.97. The van der Waals surface area contributed by atoms with Gasteiger partial charge in [-0.2, -0.15) is 0 Å². The molecule has 4 heterocycles. The van der Waals surface area contributed by atoms with Gasteiger partial charge in [0.15, 0.2) is 0 Å². The van der Waals surface area contributed by atoms with Crippen molar-refractivity contribution in [1.82, 2.24) is 14.9 Å². The summed E-state index contributed by atoms with van der Waals surface area (Å²) in [5.41, 5.74) is 4.50. The smallest absolute Gasteiger partial charge is 0.225 e. The molecule has 2 bridgehead atoms. The van der Waals surface area contributed by atoms with E-state index in [1.54, 1.807) is 7.11 Å². The van der Waals surface area contributed by atoms with Gasteiger partial charge < -0.3 is 19.8 Å². The second-order valence-electron chi connectivity index (χ2n) is 9.14. The van der Waals surface area contributed by atoms with Crippen LogP contribution in [0.25, 0.3) is 0 Å². The van der Waals surface area contributed by atoms with Gasteiger partial charge in [0.1, 0.15) is 5.75 Å². The number of hydrogen-bond acceptors (Lipinski definition) is 7. The van der Waals surface area contributed by atoms with Crippen molar-refractivity contribution in [3.05, 3.63) is 46.8 Å². The molecule has 31 heavy (non-hydrogen) atoms. The lowest BCUT2D eigenvalue weighted by Crippen LogP contribution is -2.40. The molecule has 0 spiro atoms. The van der Waals surface area contributed by atoms with Crippen molar-refractivity contribution in [2.45, 2.75) is 57.3 Å². The molecule has 7 heteroatoms. The summed E-state index contributed by atoms with van der Waals surface area (Å²) < 4.78 is 5.35. The highest BCUT2D eigenvalue weighted by Crippen LogP contribution is 2.44. The zero-order chi connectivity index (χ0) is 21.4. The first-order chi connectivity index (χ1) is 15.2. The Morgan fingerprint density at radius 2 is 2.10 bits per heavy atom. The Balaban J connectivity index is 1.35. The zero-order valence-corrected chi connectivity index (χ0v) is 18.2. The van der Waals surface area contributed by atoms with Crippen LogP contribution >= 0.6 is 0 Å². The fourth-order valence-corrected chi connectivity index (χ4v) is 5.62. The number of aliphatic hydroxyl groups excluding tert-OH is 2. The highest BCUT2D eigenvalue weighted by molar-refractivity contribution is 5.39. The minimum atomic E-state index is -0.0169. The lowest BCUT2D eigenvalue weighted by Gasteiger charge is -2.37. The summed E-state index contributed by atoms with van der Waals surface area (Å²) in [5.74, 6) is 1.89. The van der Waals surface area contributed by atoms with Gasteiger partial charge in [0.2, 0.25) is 5.95 Å².